The molecule has 0 N–H and O–H groups in total. The fourth-order valence-electron chi connectivity index (χ4n) is 2.75. The number of aryl methyl sites for hydroxylation is 2. The summed E-state index contributed by atoms with van der Waals surface area (Å²) in [6, 6.07) is 5.57. The first-order chi connectivity index (χ1) is 11.8. The summed E-state index contributed by atoms with van der Waals surface area (Å²) < 4.78 is 10.7. The van der Waals surface area contributed by atoms with Gasteiger partial charge in [0.2, 0.25) is 0 Å². The van der Waals surface area contributed by atoms with Crippen LogP contribution in [0.25, 0.3) is 11.3 Å². The minimum atomic E-state index is -0.442. The van der Waals surface area contributed by atoms with Crippen LogP contribution in [0.4, 0.5) is 5.69 Å². The lowest BCUT2D eigenvalue weighted by Gasteiger charge is -2.29. The van der Waals surface area contributed by atoms with E-state index in [9.17, 15) is 9.59 Å². The normalized spacial score (nSPS) is 13.6. The third-order valence-corrected chi connectivity index (χ3v) is 4.62. The zero-order valence-electron chi connectivity index (χ0n) is 14.7. The molecule has 0 saturated carbocycles. The summed E-state index contributed by atoms with van der Waals surface area (Å²) in [5.41, 5.74) is 2.34. The van der Waals surface area contributed by atoms with E-state index in [4.69, 9.17) is 9.47 Å². The van der Waals surface area contributed by atoms with E-state index in [1.165, 1.54) is 4.90 Å². The van der Waals surface area contributed by atoms with E-state index < -0.39 is 5.97 Å². The number of anilines is 1. The Labute approximate surface area is 150 Å². The SMILES string of the molecule is Cc1nc(-c2ccc3c(c2)N(CC(=O)OC(C)C)C(=O)CO3)c(C)s1. The van der Waals surface area contributed by atoms with Crippen LogP contribution in [0, 0.1) is 13.8 Å². The molecule has 2 aromatic rings. The van der Waals surface area contributed by atoms with Gasteiger partial charge in [0.15, 0.2) is 6.61 Å². The molecule has 1 amide bonds. The Bertz CT molecular complexity index is 828. The first kappa shape index (κ1) is 17.4. The first-order valence-electron chi connectivity index (χ1n) is 8.06. The second-order valence-corrected chi connectivity index (χ2v) is 7.53. The molecular weight excluding hydrogens is 340 g/mol. The summed E-state index contributed by atoms with van der Waals surface area (Å²) in [6.07, 6.45) is -0.227. The van der Waals surface area contributed by atoms with Crippen molar-refractivity contribution in [3.05, 3.63) is 28.1 Å². The highest BCUT2D eigenvalue weighted by atomic mass is 32.1. The predicted octanol–water partition coefficient (Wildman–Crippen LogP) is 3.10. The second kappa shape index (κ2) is 6.84. The molecule has 0 spiro atoms. The monoisotopic (exact) mass is 360 g/mol. The van der Waals surface area contributed by atoms with E-state index in [0.717, 1.165) is 21.1 Å². The van der Waals surface area contributed by atoms with Gasteiger partial charge in [-0.2, -0.15) is 0 Å². The van der Waals surface area contributed by atoms with E-state index >= 15 is 0 Å². The molecule has 3 rings (SSSR count). The average molecular weight is 360 g/mol. The first-order valence-corrected chi connectivity index (χ1v) is 8.88. The third kappa shape index (κ3) is 3.66. The number of aromatic nitrogens is 1. The fraction of sp³-hybridized carbons (Fsp3) is 0.389. The standard InChI is InChI=1S/C18H20N2O4S/c1-10(2)24-17(22)8-20-14-7-13(18-11(3)25-12(4)19-18)5-6-15(14)23-9-16(20)21/h5-7,10H,8-9H2,1-4H3. The maximum Gasteiger partial charge on any atom is 0.326 e. The van der Waals surface area contributed by atoms with Gasteiger partial charge in [-0.15, -0.1) is 11.3 Å². The Kier molecular flexibility index (Phi) is 4.76. The topological polar surface area (TPSA) is 68.7 Å². The molecule has 0 bridgehead atoms. The maximum atomic E-state index is 12.3. The van der Waals surface area contributed by atoms with Crippen molar-refractivity contribution in [1.29, 1.82) is 0 Å². The minimum absolute atomic E-state index is 0.0872. The smallest absolute Gasteiger partial charge is 0.326 e. The minimum Gasteiger partial charge on any atom is -0.482 e. The zero-order chi connectivity index (χ0) is 18.1. The molecule has 0 unspecified atom stereocenters. The van der Waals surface area contributed by atoms with E-state index in [1.54, 1.807) is 25.2 Å². The zero-order valence-corrected chi connectivity index (χ0v) is 15.5. The number of carbonyl (C=O) groups is 2. The Morgan fingerprint density at radius 2 is 2.16 bits per heavy atom. The Hall–Kier alpha value is -2.41. The van der Waals surface area contributed by atoms with Crippen molar-refractivity contribution < 1.29 is 19.1 Å². The predicted molar refractivity (Wildman–Crippen MR) is 96.1 cm³/mol. The van der Waals surface area contributed by atoms with Crippen LogP contribution in [0.1, 0.15) is 23.7 Å². The van der Waals surface area contributed by atoms with Gasteiger partial charge in [-0.3, -0.25) is 14.5 Å². The van der Waals surface area contributed by atoms with Crippen LogP contribution in [0.2, 0.25) is 0 Å². The molecule has 0 radical (unpaired) electrons. The van der Waals surface area contributed by atoms with Crippen molar-refractivity contribution in [2.75, 3.05) is 18.1 Å². The van der Waals surface area contributed by atoms with Crippen LogP contribution in [-0.4, -0.2) is 36.1 Å². The lowest BCUT2D eigenvalue weighted by Crippen LogP contribution is -2.42. The molecule has 1 aromatic carbocycles. The number of nitrogens with zero attached hydrogens (tertiary/aromatic N) is 2. The summed E-state index contributed by atoms with van der Waals surface area (Å²) in [4.78, 5) is 31.4. The number of carbonyl (C=O) groups excluding carboxylic acids is 2. The molecule has 6 nitrogen and oxygen atoms in total. The lowest BCUT2D eigenvalue weighted by molar-refractivity contribution is -0.146. The molecule has 132 valence electrons. The molecule has 0 atom stereocenters. The van der Waals surface area contributed by atoms with Crippen LogP contribution in [0.3, 0.4) is 0 Å². The van der Waals surface area contributed by atoms with Gasteiger partial charge in [-0.05, 0) is 45.9 Å². The molecule has 7 heteroatoms. The molecule has 1 aliphatic heterocycles. The van der Waals surface area contributed by atoms with Crippen LogP contribution < -0.4 is 9.64 Å². The van der Waals surface area contributed by atoms with Crippen LogP contribution in [0.5, 0.6) is 5.75 Å². The summed E-state index contributed by atoms with van der Waals surface area (Å²) >= 11 is 1.62. The van der Waals surface area contributed by atoms with Crippen molar-refractivity contribution >= 4 is 28.9 Å². The fourth-order valence-corrected chi connectivity index (χ4v) is 3.59. The number of amides is 1. The van der Waals surface area contributed by atoms with Crippen molar-refractivity contribution in [2.24, 2.45) is 0 Å². The molecule has 25 heavy (non-hydrogen) atoms. The Balaban J connectivity index is 1.96. The number of hydrogen-bond donors (Lipinski definition) is 0. The number of rotatable bonds is 4. The van der Waals surface area contributed by atoms with Crippen molar-refractivity contribution in [3.8, 4) is 17.0 Å². The largest absolute Gasteiger partial charge is 0.482 e. The summed E-state index contributed by atoms with van der Waals surface area (Å²) in [5, 5.41) is 0.981. The highest BCUT2D eigenvalue weighted by Gasteiger charge is 2.29. The van der Waals surface area contributed by atoms with Gasteiger partial charge in [0.25, 0.3) is 5.91 Å². The van der Waals surface area contributed by atoms with Gasteiger partial charge >= 0.3 is 5.97 Å². The van der Waals surface area contributed by atoms with Gasteiger partial charge in [0.05, 0.1) is 22.5 Å². The molecule has 1 aliphatic rings. The molecule has 0 fully saturated rings. The van der Waals surface area contributed by atoms with Crippen LogP contribution in [0.15, 0.2) is 18.2 Å². The molecule has 2 heterocycles. The number of thiazole rings is 1. The summed E-state index contributed by atoms with van der Waals surface area (Å²) in [6.45, 7) is 7.30. The lowest BCUT2D eigenvalue weighted by atomic mass is 10.1. The van der Waals surface area contributed by atoms with Crippen molar-refractivity contribution in [1.82, 2.24) is 4.98 Å². The summed E-state index contributed by atoms with van der Waals surface area (Å²) in [7, 11) is 0. The maximum absolute atomic E-state index is 12.3. The number of hydrogen-bond acceptors (Lipinski definition) is 6. The van der Waals surface area contributed by atoms with Crippen LogP contribution in [-0.2, 0) is 14.3 Å². The van der Waals surface area contributed by atoms with Crippen molar-refractivity contribution in [3.63, 3.8) is 0 Å². The molecule has 0 saturated heterocycles. The van der Waals surface area contributed by atoms with Gasteiger partial charge in [0.1, 0.15) is 12.3 Å². The van der Waals surface area contributed by atoms with Crippen molar-refractivity contribution in [2.45, 2.75) is 33.8 Å². The van der Waals surface area contributed by atoms with Gasteiger partial charge in [0, 0.05) is 10.4 Å². The van der Waals surface area contributed by atoms with Crippen LogP contribution >= 0.6 is 11.3 Å². The number of benzene rings is 1. The van der Waals surface area contributed by atoms with E-state index in [1.807, 2.05) is 32.0 Å². The van der Waals surface area contributed by atoms with Gasteiger partial charge < -0.3 is 9.47 Å². The quantitative estimate of drug-likeness (QED) is 0.784. The highest BCUT2D eigenvalue weighted by molar-refractivity contribution is 7.11. The third-order valence-electron chi connectivity index (χ3n) is 3.73. The second-order valence-electron chi connectivity index (χ2n) is 6.13. The molecule has 0 aliphatic carbocycles. The Morgan fingerprint density at radius 1 is 1.40 bits per heavy atom. The van der Waals surface area contributed by atoms with E-state index in [-0.39, 0.29) is 25.2 Å². The summed E-state index contributed by atoms with van der Waals surface area (Å²) in [5.74, 6) is -0.135. The number of ether oxygens (including phenoxy) is 2. The average Bonchev–Trinajstić information content (AvgIpc) is 2.87. The van der Waals surface area contributed by atoms with E-state index in [2.05, 4.69) is 4.98 Å². The van der Waals surface area contributed by atoms with Gasteiger partial charge in [-0.25, -0.2) is 4.98 Å². The van der Waals surface area contributed by atoms with E-state index in [0.29, 0.717) is 11.4 Å². The number of fused-ring (bicyclic) bond motifs is 1. The molecule has 1 aromatic heterocycles. The van der Waals surface area contributed by atoms with Gasteiger partial charge in [-0.1, -0.05) is 0 Å². The molecular formula is C18H20N2O4S. The number of esters is 1. The Morgan fingerprint density at radius 3 is 2.80 bits per heavy atom. The highest BCUT2D eigenvalue weighted by Crippen LogP contribution is 2.37.